The fourth-order valence-corrected chi connectivity index (χ4v) is 1.46. The van der Waals surface area contributed by atoms with Gasteiger partial charge in [0.2, 0.25) is 0 Å². The molecule has 0 amide bonds. The van der Waals surface area contributed by atoms with Gasteiger partial charge in [0, 0.05) is 5.56 Å². The average Bonchev–Trinajstić information content (AvgIpc) is 2.17. The normalized spacial score (nSPS) is 9.50. The molecule has 0 N–H and O–H groups in total. The average molecular weight is 178 g/mol. The number of aryl methyl sites for hydroxylation is 1. The third-order valence-corrected chi connectivity index (χ3v) is 2.16. The van der Waals surface area contributed by atoms with Crippen LogP contribution < -0.4 is 0 Å². The molecule has 0 fully saturated rings. The second kappa shape index (κ2) is 4.46. The maximum absolute atomic E-state index is 10.5. The molecule has 0 heterocycles. The SMILES string of the molecule is Cc1ccc2cc(C=O)ccc2c1.[LiH]. The molecule has 0 aliphatic carbocycles. The van der Waals surface area contributed by atoms with Gasteiger partial charge in [-0.25, -0.2) is 0 Å². The van der Waals surface area contributed by atoms with Crippen LogP contribution in [0.15, 0.2) is 36.4 Å². The van der Waals surface area contributed by atoms with E-state index in [0.29, 0.717) is 0 Å². The molecule has 0 saturated heterocycles. The van der Waals surface area contributed by atoms with Crippen LogP contribution in [0.2, 0.25) is 0 Å². The minimum absolute atomic E-state index is 0. The summed E-state index contributed by atoms with van der Waals surface area (Å²) in [6.45, 7) is 2.06. The van der Waals surface area contributed by atoms with Gasteiger partial charge in [-0.15, -0.1) is 0 Å². The summed E-state index contributed by atoms with van der Waals surface area (Å²) >= 11 is 0. The molecule has 2 rings (SSSR count). The second-order valence-electron chi connectivity index (χ2n) is 3.23. The summed E-state index contributed by atoms with van der Waals surface area (Å²) in [7, 11) is 0. The van der Waals surface area contributed by atoms with Crippen LogP contribution in [0.3, 0.4) is 0 Å². The van der Waals surface area contributed by atoms with E-state index < -0.39 is 0 Å². The summed E-state index contributed by atoms with van der Waals surface area (Å²) < 4.78 is 0. The van der Waals surface area contributed by atoms with Gasteiger partial charge in [-0.1, -0.05) is 35.9 Å². The third-order valence-electron chi connectivity index (χ3n) is 2.16. The van der Waals surface area contributed by atoms with Crippen molar-refractivity contribution in [3.63, 3.8) is 0 Å². The summed E-state index contributed by atoms with van der Waals surface area (Å²) in [5, 5.41) is 2.31. The van der Waals surface area contributed by atoms with E-state index in [1.54, 1.807) is 0 Å². The molecule has 0 radical (unpaired) electrons. The van der Waals surface area contributed by atoms with Crippen LogP contribution in [0.1, 0.15) is 15.9 Å². The van der Waals surface area contributed by atoms with Crippen LogP contribution in [-0.4, -0.2) is 25.1 Å². The molecule has 0 aliphatic heterocycles. The Morgan fingerprint density at radius 1 is 1.00 bits per heavy atom. The number of carbonyl (C=O) groups is 1. The molecule has 0 aliphatic rings. The summed E-state index contributed by atoms with van der Waals surface area (Å²) in [6, 6.07) is 11.9. The van der Waals surface area contributed by atoms with Crippen LogP contribution in [0.4, 0.5) is 0 Å². The first kappa shape index (κ1) is 11.0. The zero-order valence-corrected chi connectivity index (χ0v) is 7.45. The van der Waals surface area contributed by atoms with E-state index in [1.165, 1.54) is 10.9 Å². The fourth-order valence-electron chi connectivity index (χ4n) is 1.46. The van der Waals surface area contributed by atoms with Gasteiger partial charge < -0.3 is 0 Å². The number of hydrogen-bond donors (Lipinski definition) is 0. The molecule has 0 bridgehead atoms. The second-order valence-corrected chi connectivity index (χ2v) is 3.23. The van der Waals surface area contributed by atoms with E-state index in [0.717, 1.165) is 17.2 Å². The number of benzene rings is 2. The summed E-state index contributed by atoms with van der Waals surface area (Å²) in [5.74, 6) is 0. The first-order chi connectivity index (χ1) is 6.29. The van der Waals surface area contributed by atoms with Gasteiger partial charge in [0.25, 0.3) is 0 Å². The Bertz CT molecular complexity index is 463. The molecule has 14 heavy (non-hydrogen) atoms. The van der Waals surface area contributed by atoms with Crippen molar-refractivity contribution in [3.05, 3.63) is 47.5 Å². The van der Waals surface area contributed by atoms with Crippen molar-refractivity contribution in [1.82, 2.24) is 0 Å². The van der Waals surface area contributed by atoms with Gasteiger partial charge in [0.05, 0.1) is 0 Å². The summed E-state index contributed by atoms with van der Waals surface area (Å²) in [5.41, 5.74) is 1.97. The monoisotopic (exact) mass is 178 g/mol. The van der Waals surface area contributed by atoms with Crippen molar-refractivity contribution < 1.29 is 4.79 Å². The Labute approximate surface area is 95.3 Å². The van der Waals surface area contributed by atoms with Gasteiger partial charge >= 0.3 is 18.9 Å². The first-order valence-electron chi connectivity index (χ1n) is 4.25. The Hall–Kier alpha value is -1.03. The summed E-state index contributed by atoms with van der Waals surface area (Å²) in [6.07, 6.45) is 0.874. The Balaban J connectivity index is 0.000000980. The molecule has 0 atom stereocenters. The van der Waals surface area contributed by atoms with Crippen molar-refractivity contribution in [2.24, 2.45) is 0 Å². The van der Waals surface area contributed by atoms with E-state index in [2.05, 4.69) is 19.1 Å². The van der Waals surface area contributed by atoms with Gasteiger partial charge in [-0.05, 0) is 23.8 Å². The predicted octanol–water partition coefficient (Wildman–Crippen LogP) is 2.31. The van der Waals surface area contributed by atoms with Crippen LogP contribution in [0.25, 0.3) is 10.8 Å². The number of hydrogen-bond acceptors (Lipinski definition) is 1. The van der Waals surface area contributed by atoms with E-state index >= 15 is 0 Å². The van der Waals surface area contributed by atoms with Crippen molar-refractivity contribution in [2.75, 3.05) is 0 Å². The topological polar surface area (TPSA) is 17.1 Å². The number of carbonyl (C=O) groups excluding carboxylic acids is 1. The first-order valence-corrected chi connectivity index (χ1v) is 4.25. The van der Waals surface area contributed by atoms with Crippen LogP contribution in [-0.2, 0) is 0 Å². The molecule has 0 aromatic heterocycles. The molecule has 2 aromatic rings. The van der Waals surface area contributed by atoms with Crippen molar-refractivity contribution >= 4 is 35.9 Å². The Kier molecular flexibility index (Phi) is 3.52. The quantitative estimate of drug-likeness (QED) is 0.483. The molecular formula is C12H11LiO. The zero-order chi connectivity index (χ0) is 9.26. The third kappa shape index (κ3) is 2.07. The van der Waals surface area contributed by atoms with E-state index in [4.69, 9.17) is 0 Å². The van der Waals surface area contributed by atoms with Crippen LogP contribution in [0, 0.1) is 6.92 Å². The number of fused-ring (bicyclic) bond motifs is 1. The predicted molar refractivity (Wildman–Crippen MR) is 61.2 cm³/mol. The minimum atomic E-state index is 0. The van der Waals surface area contributed by atoms with E-state index in [-0.39, 0.29) is 18.9 Å². The van der Waals surface area contributed by atoms with Crippen molar-refractivity contribution in [2.45, 2.75) is 6.92 Å². The van der Waals surface area contributed by atoms with Crippen LogP contribution >= 0.6 is 0 Å². The fraction of sp³-hybridized carbons (Fsp3) is 0.0833. The van der Waals surface area contributed by atoms with Gasteiger partial charge in [-0.3, -0.25) is 4.79 Å². The molecule has 2 heteroatoms. The van der Waals surface area contributed by atoms with Crippen molar-refractivity contribution in [1.29, 1.82) is 0 Å². The molecule has 0 unspecified atom stereocenters. The molecule has 0 spiro atoms. The van der Waals surface area contributed by atoms with Gasteiger partial charge in [-0.2, -0.15) is 0 Å². The Morgan fingerprint density at radius 2 is 1.64 bits per heavy atom. The van der Waals surface area contributed by atoms with Gasteiger partial charge in [0.15, 0.2) is 0 Å². The zero-order valence-electron chi connectivity index (χ0n) is 7.45. The maximum atomic E-state index is 10.5. The number of aldehydes is 1. The molecule has 1 nitrogen and oxygen atoms in total. The van der Waals surface area contributed by atoms with E-state index in [1.807, 2.05) is 24.3 Å². The van der Waals surface area contributed by atoms with E-state index in [9.17, 15) is 4.79 Å². The standard InChI is InChI=1S/C12H10O.Li.H/c1-9-2-4-12-7-10(8-13)3-5-11(12)6-9;;/h2-8H,1H3;;. The number of rotatable bonds is 1. The molecule has 66 valence electrons. The van der Waals surface area contributed by atoms with Gasteiger partial charge in [0.1, 0.15) is 6.29 Å². The summed E-state index contributed by atoms with van der Waals surface area (Å²) in [4.78, 5) is 10.5. The molecule has 0 saturated carbocycles. The van der Waals surface area contributed by atoms with Crippen molar-refractivity contribution in [3.8, 4) is 0 Å². The molecular weight excluding hydrogens is 167 g/mol. The van der Waals surface area contributed by atoms with Crippen LogP contribution in [0.5, 0.6) is 0 Å². The molecule has 2 aromatic carbocycles. The Morgan fingerprint density at radius 3 is 2.36 bits per heavy atom.